The first-order chi connectivity index (χ1) is 27.4. The number of pyridine rings is 2. The molecule has 4 heterocycles. The third kappa shape index (κ3) is 7.94. The summed E-state index contributed by atoms with van der Waals surface area (Å²) < 4.78 is 25.6. The van der Waals surface area contributed by atoms with Gasteiger partial charge in [-0.1, -0.05) is 111 Å². The summed E-state index contributed by atoms with van der Waals surface area (Å²) >= 11 is 0. The molecule has 1 radical (unpaired) electrons. The average molecular weight is 927 g/mol. The fourth-order valence-corrected chi connectivity index (χ4v) is 8.38. The van der Waals surface area contributed by atoms with Gasteiger partial charge in [0.25, 0.3) is 0 Å². The molecule has 0 unspecified atom stereocenters. The van der Waals surface area contributed by atoms with Crippen LogP contribution in [0.1, 0.15) is 27.8 Å². The Morgan fingerprint density at radius 2 is 1.54 bits per heavy atom. The summed E-state index contributed by atoms with van der Waals surface area (Å²) in [4.78, 5) is 14.2. The molecule has 0 saturated heterocycles. The van der Waals surface area contributed by atoms with Crippen LogP contribution in [-0.2, 0) is 26.5 Å². The van der Waals surface area contributed by atoms with Gasteiger partial charge >= 0.3 is 0 Å². The van der Waals surface area contributed by atoms with E-state index in [1.54, 1.807) is 0 Å². The smallest absolute Gasteiger partial charge is 0.216 e. The molecule has 281 valence electrons. The van der Waals surface area contributed by atoms with E-state index in [-0.39, 0.29) is 26.0 Å². The van der Waals surface area contributed by atoms with Crippen molar-refractivity contribution in [2.45, 2.75) is 46.8 Å². The number of imidazole rings is 1. The van der Waals surface area contributed by atoms with Crippen molar-refractivity contribution in [3.05, 3.63) is 163 Å². The molecule has 0 aliphatic heterocycles. The Labute approximate surface area is 346 Å². The van der Waals surface area contributed by atoms with Gasteiger partial charge in [-0.05, 0) is 77.6 Å². The normalized spacial score (nSPS) is 12.3. The van der Waals surface area contributed by atoms with E-state index in [9.17, 15) is 0 Å². The molecule has 0 aliphatic carbocycles. The topological polar surface area (TPSA) is 56.7 Å². The van der Waals surface area contributed by atoms with Crippen molar-refractivity contribution in [1.82, 2.24) is 19.5 Å². The molecule has 5 nitrogen and oxygen atoms in total. The molecule has 0 spiro atoms. The Morgan fingerprint density at radius 1 is 0.768 bits per heavy atom. The number of nitrogens with zero attached hydrogens (tertiary/aromatic N) is 4. The minimum Gasteiger partial charge on any atom is -0.486 e. The Balaban J connectivity index is 0.000000194. The molecule has 0 N–H and O–H groups in total. The fraction of sp³-hybridized carbons (Fsp3) is 0.163. The molecule has 56 heavy (non-hydrogen) atoms. The van der Waals surface area contributed by atoms with Gasteiger partial charge in [0.15, 0.2) is 0 Å². The first kappa shape index (κ1) is 36.2. The van der Waals surface area contributed by atoms with Crippen LogP contribution in [0.15, 0.2) is 144 Å². The maximum absolute atomic E-state index is 8.55. The second-order valence-electron chi connectivity index (χ2n) is 15.1. The Hall–Kier alpha value is -5.46. The summed E-state index contributed by atoms with van der Waals surface area (Å²) in [5, 5.41) is 3.11. The van der Waals surface area contributed by atoms with Gasteiger partial charge in [0.1, 0.15) is 0 Å². The van der Waals surface area contributed by atoms with Crippen LogP contribution in [0.5, 0.6) is 0 Å². The van der Waals surface area contributed by atoms with Crippen molar-refractivity contribution in [1.29, 1.82) is 0 Å². The molecule has 7 heteroatoms. The largest absolute Gasteiger partial charge is 0.486 e. The van der Waals surface area contributed by atoms with Crippen LogP contribution >= 0.6 is 0 Å². The molecule has 9 aromatic rings. The zero-order chi connectivity index (χ0) is 39.9. The predicted octanol–water partition coefficient (Wildman–Crippen LogP) is 12.1. The van der Waals surface area contributed by atoms with Gasteiger partial charge in [-0.2, -0.15) is 0 Å². The van der Waals surface area contributed by atoms with Crippen molar-refractivity contribution >= 4 is 46.4 Å². The summed E-state index contributed by atoms with van der Waals surface area (Å²) in [6.45, 7) is 12.5. The number of hydrogen-bond donors (Lipinski definition) is 0. The molecule has 0 bridgehead atoms. The first-order valence-electron chi connectivity index (χ1n) is 19.7. The van der Waals surface area contributed by atoms with Crippen LogP contribution in [0.2, 0.25) is 19.6 Å². The minimum absolute atomic E-state index is 0. The van der Waals surface area contributed by atoms with Gasteiger partial charge in [0.2, 0.25) is 5.71 Å². The summed E-state index contributed by atoms with van der Waals surface area (Å²) in [7, 11) is -1.67. The Kier molecular flexibility index (Phi) is 10.6. The van der Waals surface area contributed by atoms with Gasteiger partial charge in [0.05, 0.1) is 30.5 Å². The number of hydrogen-bond acceptors (Lipinski definition) is 4. The number of furan rings is 1. The number of aromatic nitrogens is 4. The van der Waals surface area contributed by atoms with Crippen LogP contribution in [0.3, 0.4) is 0 Å². The van der Waals surface area contributed by atoms with Crippen LogP contribution in [0, 0.1) is 25.0 Å². The SMILES string of the molecule is Cc1ccc2c(n1)oc1c(-c3nc4ccccc4n3-c3cccc(-c4ccccc4)c3)[c-]ccc12.[2H]C([2H])(c1cc(-c2[c-]cccc2)ncc1[Si](C)(C)C)C(C)C.[Ir]. The quantitative estimate of drug-likeness (QED) is 0.118. The van der Waals surface area contributed by atoms with E-state index >= 15 is 0 Å². The van der Waals surface area contributed by atoms with E-state index in [0.717, 1.165) is 77.7 Å². The van der Waals surface area contributed by atoms with Gasteiger partial charge in [-0.15, -0.1) is 54.1 Å². The molecule has 0 fully saturated rings. The number of fused-ring (bicyclic) bond motifs is 4. The molecule has 9 rings (SSSR count). The monoisotopic (exact) mass is 927 g/mol. The Morgan fingerprint density at radius 3 is 2.30 bits per heavy atom. The predicted molar refractivity (Wildman–Crippen MR) is 231 cm³/mol. The van der Waals surface area contributed by atoms with Crippen LogP contribution in [-0.4, -0.2) is 27.6 Å². The van der Waals surface area contributed by atoms with Gasteiger partial charge in [-0.3, -0.25) is 4.98 Å². The van der Waals surface area contributed by atoms with Crippen molar-refractivity contribution < 1.29 is 27.3 Å². The first-order valence-corrected chi connectivity index (χ1v) is 22.2. The van der Waals surface area contributed by atoms with E-state index in [1.165, 1.54) is 5.56 Å². The van der Waals surface area contributed by atoms with Gasteiger partial charge in [-0.25, -0.2) is 4.98 Å². The van der Waals surface area contributed by atoms with Gasteiger partial charge < -0.3 is 14.0 Å². The van der Waals surface area contributed by atoms with E-state index in [1.807, 2.05) is 99.8 Å². The summed E-state index contributed by atoms with van der Waals surface area (Å²) in [5.41, 5.74) is 10.9. The maximum Gasteiger partial charge on any atom is 0.216 e. The van der Waals surface area contributed by atoms with Crippen LogP contribution in [0.4, 0.5) is 0 Å². The third-order valence-corrected chi connectivity index (χ3v) is 11.6. The van der Waals surface area contributed by atoms with E-state index in [2.05, 4.69) is 107 Å². The number of para-hydroxylation sites is 2. The van der Waals surface area contributed by atoms with Crippen molar-refractivity contribution in [2.75, 3.05) is 0 Å². The maximum atomic E-state index is 8.55. The molecule has 0 saturated carbocycles. The van der Waals surface area contributed by atoms with Crippen LogP contribution < -0.4 is 5.19 Å². The summed E-state index contributed by atoms with van der Waals surface area (Å²) in [6.07, 6.45) is 0.528. The molecular formula is C49H44IrN4OSi-2. The molecule has 0 atom stereocenters. The van der Waals surface area contributed by atoms with E-state index < -0.39 is 14.4 Å². The molecular weight excluding hydrogens is 881 g/mol. The fourth-order valence-electron chi connectivity index (χ4n) is 6.97. The zero-order valence-corrected chi connectivity index (χ0v) is 35.8. The molecule has 4 aromatic heterocycles. The molecule has 0 amide bonds. The average Bonchev–Trinajstić information content (AvgIpc) is 3.79. The zero-order valence-electron chi connectivity index (χ0n) is 34.4. The van der Waals surface area contributed by atoms with E-state index in [4.69, 9.17) is 12.1 Å². The molecule has 0 aliphatic rings. The number of benzene rings is 5. The van der Waals surface area contributed by atoms with Crippen molar-refractivity contribution in [2.24, 2.45) is 5.92 Å². The molecule has 5 aromatic carbocycles. The van der Waals surface area contributed by atoms with Crippen LogP contribution in [0.25, 0.3) is 72.6 Å². The third-order valence-electron chi connectivity index (χ3n) is 9.57. The standard InChI is InChI=1S/C31H20N3O.C18H24NSi.Ir/c1-20-17-18-25-24-13-8-14-26(29(24)35-31(25)32-20)30-33-27-15-5-6-16-28(27)34(30)23-12-7-11-22(19-23)21-9-3-2-4-10-21;1-14(2)11-16-12-17(15-9-7-6-8-10-15)19-13-18(16)20(3,4)5;/h2-13,15-19H,1H3;6-9,12-14H,11H2,1-5H3;/q2*-1;/i;11D2;. The van der Waals surface area contributed by atoms with Crippen molar-refractivity contribution in [3.63, 3.8) is 0 Å². The second-order valence-corrected chi connectivity index (χ2v) is 20.2. The van der Waals surface area contributed by atoms with Crippen molar-refractivity contribution in [3.8, 4) is 39.5 Å². The van der Waals surface area contributed by atoms with Gasteiger partial charge in [0, 0.05) is 45.8 Å². The summed E-state index contributed by atoms with van der Waals surface area (Å²) in [6, 6.07) is 51.5. The Bertz CT molecular complexity index is 2870. The summed E-state index contributed by atoms with van der Waals surface area (Å²) in [5.74, 6) is 0.704. The number of rotatable bonds is 7. The second kappa shape index (κ2) is 16.3. The van der Waals surface area contributed by atoms with E-state index in [0.29, 0.717) is 5.71 Å². The number of aryl methyl sites for hydroxylation is 1. The minimum atomic E-state index is -1.67.